The summed E-state index contributed by atoms with van der Waals surface area (Å²) >= 11 is 6.03. The van der Waals surface area contributed by atoms with Crippen molar-refractivity contribution >= 4 is 17.4 Å². The largest absolute Gasteiger partial charge is 0.496 e. The topological polar surface area (TPSA) is 35.5 Å². The summed E-state index contributed by atoms with van der Waals surface area (Å²) in [7, 11) is 3.24. The molecule has 0 saturated heterocycles. The van der Waals surface area contributed by atoms with Crippen LogP contribution in [0.4, 0.5) is 0 Å². The van der Waals surface area contributed by atoms with Crippen LogP contribution in [0.15, 0.2) is 18.2 Å². The molecule has 0 bridgehead atoms. The van der Waals surface area contributed by atoms with Gasteiger partial charge in [-0.3, -0.25) is 4.79 Å². The summed E-state index contributed by atoms with van der Waals surface area (Å²) in [6.07, 6.45) is 3.96. The highest BCUT2D eigenvalue weighted by molar-refractivity contribution is 6.30. The van der Waals surface area contributed by atoms with E-state index in [2.05, 4.69) is 6.92 Å². The zero-order valence-electron chi connectivity index (χ0n) is 12.9. The highest BCUT2D eigenvalue weighted by Crippen LogP contribution is 2.36. The second-order valence-corrected chi connectivity index (χ2v) is 6.37. The molecule has 1 fully saturated rings. The number of hydrogen-bond acceptors (Lipinski definition) is 3. The number of Topliss-reactive ketones (excluding diaryl/α,β-unsaturated/α-hetero) is 1. The normalized spacial score (nSPS) is 25.6. The van der Waals surface area contributed by atoms with Crippen molar-refractivity contribution < 1.29 is 14.3 Å². The van der Waals surface area contributed by atoms with Crippen LogP contribution in [0.3, 0.4) is 0 Å². The van der Waals surface area contributed by atoms with Crippen molar-refractivity contribution in [3.05, 3.63) is 28.8 Å². The van der Waals surface area contributed by atoms with Crippen LogP contribution in [0.2, 0.25) is 5.02 Å². The second-order valence-electron chi connectivity index (χ2n) is 5.94. The first-order valence-electron chi connectivity index (χ1n) is 7.41. The van der Waals surface area contributed by atoms with E-state index in [0.29, 0.717) is 23.1 Å². The van der Waals surface area contributed by atoms with E-state index in [1.54, 1.807) is 32.4 Å². The number of carbonyl (C=O) groups is 1. The van der Waals surface area contributed by atoms with Gasteiger partial charge in [-0.25, -0.2) is 0 Å². The van der Waals surface area contributed by atoms with Crippen molar-refractivity contribution in [2.75, 3.05) is 14.2 Å². The summed E-state index contributed by atoms with van der Waals surface area (Å²) in [5.74, 6) is 1.49. The van der Waals surface area contributed by atoms with Gasteiger partial charge in [0.05, 0.1) is 7.11 Å². The van der Waals surface area contributed by atoms with E-state index in [0.717, 1.165) is 31.2 Å². The van der Waals surface area contributed by atoms with Gasteiger partial charge in [0.1, 0.15) is 11.4 Å². The lowest BCUT2D eigenvalue weighted by molar-refractivity contribution is -0.145. The lowest BCUT2D eigenvalue weighted by Gasteiger charge is -2.37. The smallest absolute Gasteiger partial charge is 0.169 e. The molecule has 3 nitrogen and oxygen atoms in total. The standard InChI is InChI=1S/C17H23ClO3/c1-12-6-8-17(21-3,9-7-12)16(19)11-13-10-14(18)4-5-15(13)20-2/h4-5,10,12H,6-9,11H2,1-3H3. The Labute approximate surface area is 131 Å². The SMILES string of the molecule is COc1ccc(Cl)cc1CC(=O)C1(OC)CCC(C)CC1. The van der Waals surface area contributed by atoms with Gasteiger partial charge in [-0.05, 0) is 49.8 Å². The minimum Gasteiger partial charge on any atom is -0.496 e. The summed E-state index contributed by atoms with van der Waals surface area (Å²) in [4.78, 5) is 12.8. The molecule has 0 atom stereocenters. The highest BCUT2D eigenvalue weighted by Gasteiger charge is 2.40. The predicted molar refractivity (Wildman–Crippen MR) is 84.1 cm³/mol. The fourth-order valence-corrected chi connectivity index (χ4v) is 3.24. The van der Waals surface area contributed by atoms with Gasteiger partial charge in [0, 0.05) is 24.1 Å². The van der Waals surface area contributed by atoms with Crippen LogP contribution in [0.5, 0.6) is 5.75 Å². The molecular weight excluding hydrogens is 288 g/mol. The van der Waals surface area contributed by atoms with Gasteiger partial charge in [-0.1, -0.05) is 18.5 Å². The van der Waals surface area contributed by atoms with Gasteiger partial charge in [-0.15, -0.1) is 0 Å². The summed E-state index contributed by atoms with van der Waals surface area (Å²) in [5.41, 5.74) is 0.185. The van der Waals surface area contributed by atoms with Crippen molar-refractivity contribution in [1.29, 1.82) is 0 Å². The molecule has 0 aromatic heterocycles. The first kappa shape index (κ1) is 16.3. The van der Waals surface area contributed by atoms with Crippen LogP contribution < -0.4 is 4.74 Å². The Balaban J connectivity index is 2.18. The molecule has 1 saturated carbocycles. The zero-order chi connectivity index (χ0) is 15.5. The van der Waals surface area contributed by atoms with E-state index in [4.69, 9.17) is 21.1 Å². The Morgan fingerprint density at radius 1 is 1.33 bits per heavy atom. The average Bonchev–Trinajstić information content (AvgIpc) is 2.48. The Bertz CT molecular complexity index is 505. The van der Waals surface area contributed by atoms with Gasteiger partial charge < -0.3 is 9.47 Å². The number of ether oxygens (including phenoxy) is 2. The molecule has 1 aromatic rings. The monoisotopic (exact) mass is 310 g/mol. The Morgan fingerprint density at radius 3 is 2.57 bits per heavy atom. The number of benzene rings is 1. The summed E-state index contributed by atoms with van der Waals surface area (Å²) in [6, 6.07) is 5.36. The molecule has 4 heteroatoms. The highest BCUT2D eigenvalue weighted by atomic mass is 35.5. The van der Waals surface area contributed by atoms with E-state index in [1.807, 2.05) is 0 Å². The van der Waals surface area contributed by atoms with Crippen molar-refractivity contribution in [3.63, 3.8) is 0 Å². The Hall–Kier alpha value is -1.06. The van der Waals surface area contributed by atoms with Gasteiger partial charge >= 0.3 is 0 Å². The molecule has 0 radical (unpaired) electrons. The fourth-order valence-electron chi connectivity index (χ4n) is 3.04. The molecular formula is C17H23ClO3. The first-order chi connectivity index (χ1) is 10.0. The molecule has 21 heavy (non-hydrogen) atoms. The first-order valence-corrected chi connectivity index (χ1v) is 7.79. The van der Waals surface area contributed by atoms with Crippen molar-refractivity contribution in [2.24, 2.45) is 5.92 Å². The maximum absolute atomic E-state index is 12.8. The van der Waals surface area contributed by atoms with E-state index >= 15 is 0 Å². The molecule has 2 rings (SSSR count). The molecule has 0 aliphatic heterocycles. The molecule has 1 aliphatic carbocycles. The third-order valence-electron chi connectivity index (χ3n) is 4.57. The molecule has 0 unspecified atom stereocenters. The number of hydrogen-bond donors (Lipinski definition) is 0. The van der Waals surface area contributed by atoms with Gasteiger partial charge in [-0.2, -0.15) is 0 Å². The van der Waals surface area contributed by atoms with E-state index < -0.39 is 5.60 Å². The zero-order valence-corrected chi connectivity index (χ0v) is 13.7. The molecule has 0 N–H and O–H groups in total. The summed E-state index contributed by atoms with van der Waals surface area (Å²) in [5, 5.41) is 0.613. The maximum atomic E-state index is 12.8. The van der Waals surface area contributed by atoms with Crippen LogP contribution in [0.1, 0.15) is 38.2 Å². The van der Waals surface area contributed by atoms with Gasteiger partial charge in [0.15, 0.2) is 5.78 Å². The molecule has 1 aromatic carbocycles. The quantitative estimate of drug-likeness (QED) is 0.823. The number of halogens is 1. The molecule has 1 aliphatic rings. The van der Waals surface area contributed by atoms with Gasteiger partial charge in [0.25, 0.3) is 0 Å². The Morgan fingerprint density at radius 2 is 2.00 bits per heavy atom. The molecule has 0 heterocycles. The van der Waals surface area contributed by atoms with E-state index in [-0.39, 0.29) is 5.78 Å². The lowest BCUT2D eigenvalue weighted by Crippen LogP contribution is -2.44. The molecule has 116 valence electrons. The van der Waals surface area contributed by atoms with Crippen molar-refractivity contribution in [2.45, 2.75) is 44.6 Å². The Kier molecular flexibility index (Phi) is 5.28. The molecule has 0 spiro atoms. The van der Waals surface area contributed by atoms with Crippen molar-refractivity contribution in [1.82, 2.24) is 0 Å². The fraction of sp³-hybridized carbons (Fsp3) is 0.588. The maximum Gasteiger partial charge on any atom is 0.169 e. The van der Waals surface area contributed by atoms with E-state index in [1.165, 1.54) is 0 Å². The van der Waals surface area contributed by atoms with Crippen LogP contribution >= 0.6 is 11.6 Å². The molecule has 0 amide bonds. The number of methoxy groups -OCH3 is 2. The minimum atomic E-state index is -0.639. The third kappa shape index (κ3) is 3.58. The second kappa shape index (κ2) is 6.80. The van der Waals surface area contributed by atoms with Crippen LogP contribution in [0, 0.1) is 5.92 Å². The average molecular weight is 311 g/mol. The van der Waals surface area contributed by atoms with Crippen molar-refractivity contribution in [3.8, 4) is 5.75 Å². The van der Waals surface area contributed by atoms with Crippen LogP contribution in [-0.2, 0) is 16.0 Å². The number of ketones is 1. The summed E-state index contributed by atoms with van der Waals surface area (Å²) < 4.78 is 11.0. The number of carbonyl (C=O) groups excluding carboxylic acids is 1. The van der Waals surface area contributed by atoms with E-state index in [9.17, 15) is 4.79 Å². The minimum absolute atomic E-state index is 0.123. The number of rotatable bonds is 5. The van der Waals surface area contributed by atoms with Crippen LogP contribution in [0.25, 0.3) is 0 Å². The third-order valence-corrected chi connectivity index (χ3v) is 4.81. The van der Waals surface area contributed by atoms with Crippen LogP contribution in [-0.4, -0.2) is 25.6 Å². The summed E-state index contributed by atoms with van der Waals surface area (Å²) in [6.45, 7) is 2.23. The predicted octanol–water partition coefficient (Wildman–Crippen LogP) is 4.06. The van der Waals surface area contributed by atoms with Gasteiger partial charge in [0.2, 0.25) is 0 Å². The lowest BCUT2D eigenvalue weighted by atomic mass is 9.76.